The van der Waals surface area contributed by atoms with Crippen LogP contribution in [0.4, 0.5) is 4.39 Å². The summed E-state index contributed by atoms with van der Waals surface area (Å²) in [7, 11) is 0. The molecular formula is C16H22FNO3. The molecule has 3 unspecified atom stereocenters. The minimum absolute atomic E-state index is 0.129. The van der Waals surface area contributed by atoms with Gasteiger partial charge in [-0.25, -0.2) is 9.18 Å². The molecule has 1 aromatic carbocycles. The first-order chi connectivity index (χ1) is 9.85. The van der Waals surface area contributed by atoms with Gasteiger partial charge in [-0.15, -0.1) is 0 Å². The largest absolute Gasteiger partial charge is 0.480 e. The molecule has 1 aromatic rings. The molecule has 1 rings (SSSR count). The zero-order valence-corrected chi connectivity index (χ0v) is 12.6. The van der Waals surface area contributed by atoms with Gasteiger partial charge >= 0.3 is 5.97 Å². The zero-order chi connectivity index (χ0) is 16.0. The number of carboxylic acids is 1. The first kappa shape index (κ1) is 17.1. The highest BCUT2D eigenvalue weighted by molar-refractivity contribution is 5.84. The van der Waals surface area contributed by atoms with Crippen LogP contribution in [0.25, 0.3) is 0 Å². The minimum atomic E-state index is -1.03. The SMILES string of the molecule is CCC(C)C(NC(=O)CC(C)c1cccc(F)c1)C(=O)O. The molecule has 1 amide bonds. The molecule has 0 saturated carbocycles. The van der Waals surface area contributed by atoms with Crippen LogP contribution in [0.2, 0.25) is 0 Å². The Kier molecular flexibility index (Phi) is 6.34. The van der Waals surface area contributed by atoms with Crippen LogP contribution in [0.1, 0.15) is 45.1 Å². The highest BCUT2D eigenvalue weighted by Gasteiger charge is 2.25. The van der Waals surface area contributed by atoms with Gasteiger partial charge in [0, 0.05) is 6.42 Å². The molecule has 3 atom stereocenters. The molecule has 5 heteroatoms. The Morgan fingerprint density at radius 1 is 1.33 bits per heavy atom. The Labute approximate surface area is 124 Å². The topological polar surface area (TPSA) is 66.4 Å². The molecule has 0 aromatic heterocycles. The Hall–Kier alpha value is -1.91. The van der Waals surface area contributed by atoms with E-state index in [1.165, 1.54) is 12.1 Å². The maximum atomic E-state index is 13.2. The molecule has 0 heterocycles. The molecule has 0 fully saturated rings. The summed E-state index contributed by atoms with van der Waals surface area (Å²) >= 11 is 0. The Balaban J connectivity index is 2.65. The third-order valence-corrected chi connectivity index (χ3v) is 3.70. The highest BCUT2D eigenvalue weighted by Crippen LogP contribution is 2.20. The summed E-state index contributed by atoms with van der Waals surface area (Å²) in [6.45, 7) is 5.48. The van der Waals surface area contributed by atoms with Crippen LogP contribution < -0.4 is 5.32 Å². The number of amides is 1. The highest BCUT2D eigenvalue weighted by atomic mass is 19.1. The Morgan fingerprint density at radius 2 is 2.00 bits per heavy atom. The average Bonchev–Trinajstić information content (AvgIpc) is 2.43. The average molecular weight is 295 g/mol. The van der Waals surface area contributed by atoms with Gasteiger partial charge in [0.15, 0.2) is 0 Å². The van der Waals surface area contributed by atoms with Crippen LogP contribution in [0.15, 0.2) is 24.3 Å². The van der Waals surface area contributed by atoms with Crippen LogP contribution in [0.3, 0.4) is 0 Å². The van der Waals surface area contributed by atoms with E-state index in [9.17, 15) is 14.0 Å². The normalized spacial score (nSPS) is 15.0. The standard InChI is InChI=1S/C16H22FNO3/c1-4-10(2)15(16(20)21)18-14(19)8-11(3)12-6-5-7-13(17)9-12/h5-7,9-11,15H,4,8H2,1-3H3,(H,18,19)(H,20,21). The quantitative estimate of drug-likeness (QED) is 0.812. The summed E-state index contributed by atoms with van der Waals surface area (Å²) in [6.07, 6.45) is 0.792. The van der Waals surface area contributed by atoms with E-state index in [4.69, 9.17) is 5.11 Å². The van der Waals surface area contributed by atoms with Gasteiger partial charge in [0.1, 0.15) is 11.9 Å². The molecule has 0 aliphatic rings. The van der Waals surface area contributed by atoms with E-state index < -0.39 is 12.0 Å². The lowest BCUT2D eigenvalue weighted by molar-refractivity contribution is -0.143. The van der Waals surface area contributed by atoms with Gasteiger partial charge in [-0.05, 0) is 29.5 Å². The van der Waals surface area contributed by atoms with Gasteiger partial charge < -0.3 is 10.4 Å². The second-order valence-electron chi connectivity index (χ2n) is 5.43. The number of nitrogens with one attached hydrogen (secondary N) is 1. The second kappa shape index (κ2) is 7.76. The van der Waals surface area contributed by atoms with Crippen LogP contribution in [-0.2, 0) is 9.59 Å². The number of carbonyl (C=O) groups is 2. The summed E-state index contributed by atoms with van der Waals surface area (Å²) in [5.41, 5.74) is 0.723. The third kappa shape index (κ3) is 5.17. The summed E-state index contributed by atoms with van der Waals surface area (Å²) in [5.74, 6) is -2.03. The zero-order valence-electron chi connectivity index (χ0n) is 12.6. The predicted molar refractivity (Wildman–Crippen MR) is 78.5 cm³/mol. The summed E-state index contributed by atoms with van der Waals surface area (Å²) in [6, 6.07) is 5.20. The number of benzene rings is 1. The van der Waals surface area contributed by atoms with Crippen molar-refractivity contribution in [3.8, 4) is 0 Å². The van der Waals surface area contributed by atoms with E-state index in [0.29, 0.717) is 6.42 Å². The molecular weight excluding hydrogens is 273 g/mol. The molecule has 4 nitrogen and oxygen atoms in total. The first-order valence-electron chi connectivity index (χ1n) is 7.12. The van der Waals surface area contributed by atoms with Crippen molar-refractivity contribution in [2.75, 3.05) is 0 Å². The molecule has 0 aliphatic heterocycles. The molecule has 0 bridgehead atoms. The molecule has 116 valence electrons. The number of hydrogen-bond acceptors (Lipinski definition) is 2. The number of aliphatic carboxylic acids is 1. The van der Waals surface area contributed by atoms with E-state index in [0.717, 1.165) is 5.56 Å². The molecule has 0 saturated heterocycles. The fraction of sp³-hybridized carbons (Fsp3) is 0.500. The minimum Gasteiger partial charge on any atom is -0.480 e. The van der Waals surface area contributed by atoms with E-state index in [1.807, 2.05) is 13.8 Å². The van der Waals surface area contributed by atoms with Crippen LogP contribution >= 0.6 is 0 Å². The van der Waals surface area contributed by atoms with Crippen LogP contribution in [-0.4, -0.2) is 23.0 Å². The third-order valence-electron chi connectivity index (χ3n) is 3.70. The molecule has 0 spiro atoms. The van der Waals surface area contributed by atoms with Crippen molar-refractivity contribution in [1.29, 1.82) is 0 Å². The van der Waals surface area contributed by atoms with Crippen molar-refractivity contribution in [3.63, 3.8) is 0 Å². The van der Waals surface area contributed by atoms with Gasteiger partial charge in [0.25, 0.3) is 0 Å². The molecule has 2 N–H and O–H groups in total. The lowest BCUT2D eigenvalue weighted by atomic mass is 9.95. The number of carbonyl (C=O) groups excluding carboxylic acids is 1. The number of hydrogen-bond donors (Lipinski definition) is 2. The monoisotopic (exact) mass is 295 g/mol. The summed E-state index contributed by atoms with van der Waals surface area (Å²) in [5, 5.41) is 11.7. The molecule has 21 heavy (non-hydrogen) atoms. The lowest BCUT2D eigenvalue weighted by Gasteiger charge is -2.21. The fourth-order valence-corrected chi connectivity index (χ4v) is 2.12. The van der Waals surface area contributed by atoms with Crippen LogP contribution in [0.5, 0.6) is 0 Å². The van der Waals surface area contributed by atoms with Crippen molar-refractivity contribution >= 4 is 11.9 Å². The first-order valence-corrected chi connectivity index (χ1v) is 7.12. The van der Waals surface area contributed by atoms with Crippen molar-refractivity contribution in [1.82, 2.24) is 5.32 Å². The van der Waals surface area contributed by atoms with Crippen molar-refractivity contribution in [2.45, 2.75) is 45.6 Å². The molecule has 0 radical (unpaired) electrons. The Bertz CT molecular complexity index is 504. The maximum Gasteiger partial charge on any atom is 0.326 e. The fourth-order valence-electron chi connectivity index (χ4n) is 2.12. The van der Waals surface area contributed by atoms with Gasteiger partial charge in [0.05, 0.1) is 0 Å². The number of rotatable bonds is 7. The Morgan fingerprint density at radius 3 is 2.52 bits per heavy atom. The maximum absolute atomic E-state index is 13.2. The van der Waals surface area contributed by atoms with Crippen LogP contribution in [0, 0.1) is 11.7 Å². The number of halogens is 1. The van der Waals surface area contributed by atoms with E-state index in [1.54, 1.807) is 19.1 Å². The van der Waals surface area contributed by atoms with Gasteiger partial charge in [-0.2, -0.15) is 0 Å². The van der Waals surface area contributed by atoms with Gasteiger partial charge in [-0.3, -0.25) is 4.79 Å². The predicted octanol–water partition coefficient (Wildman–Crippen LogP) is 2.93. The van der Waals surface area contributed by atoms with Gasteiger partial charge in [0.2, 0.25) is 5.91 Å². The van der Waals surface area contributed by atoms with E-state index in [2.05, 4.69) is 5.32 Å². The van der Waals surface area contributed by atoms with Gasteiger partial charge in [-0.1, -0.05) is 39.3 Å². The van der Waals surface area contributed by atoms with Crippen molar-refractivity contribution in [2.24, 2.45) is 5.92 Å². The smallest absolute Gasteiger partial charge is 0.326 e. The molecule has 0 aliphatic carbocycles. The second-order valence-corrected chi connectivity index (χ2v) is 5.43. The van der Waals surface area contributed by atoms with Crippen molar-refractivity contribution < 1.29 is 19.1 Å². The van der Waals surface area contributed by atoms with Crippen molar-refractivity contribution in [3.05, 3.63) is 35.6 Å². The lowest BCUT2D eigenvalue weighted by Crippen LogP contribution is -2.45. The summed E-state index contributed by atoms with van der Waals surface area (Å²) in [4.78, 5) is 23.2. The number of carboxylic acid groups (broad SMARTS) is 1. The summed E-state index contributed by atoms with van der Waals surface area (Å²) < 4.78 is 13.2. The van der Waals surface area contributed by atoms with E-state index in [-0.39, 0.29) is 30.0 Å². The van der Waals surface area contributed by atoms with E-state index >= 15 is 0 Å².